The zero-order chi connectivity index (χ0) is 12.0. The molecule has 0 amide bonds. The van der Waals surface area contributed by atoms with E-state index in [9.17, 15) is 5.11 Å². The number of aliphatic hydroxyl groups is 1. The molecule has 0 aliphatic rings. The van der Waals surface area contributed by atoms with Crippen LogP contribution in [0.2, 0.25) is 0 Å². The van der Waals surface area contributed by atoms with Crippen molar-refractivity contribution in [1.29, 1.82) is 0 Å². The fraction of sp³-hybridized carbons (Fsp3) is 0.538. The van der Waals surface area contributed by atoms with Crippen LogP contribution in [-0.2, 0) is 0 Å². The Morgan fingerprint density at radius 3 is 2.44 bits per heavy atom. The Morgan fingerprint density at radius 2 is 1.88 bits per heavy atom. The van der Waals surface area contributed by atoms with Gasteiger partial charge in [-0.25, -0.2) is 0 Å². The first-order valence-corrected chi connectivity index (χ1v) is 5.72. The summed E-state index contributed by atoms with van der Waals surface area (Å²) in [5, 5.41) is 13.4. The second kappa shape index (κ2) is 6.63. The highest BCUT2D eigenvalue weighted by Crippen LogP contribution is 2.15. The summed E-state index contributed by atoms with van der Waals surface area (Å²) in [6.07, 6.45) is -0.441. The van der Waals surface area contributed by atoms with E-state index in [2.05, 4.69) is 10.2 Å². The van der Waals surface area contributed by atoms with Crippen LogP contribution in [0.1, 0.15) is 18.6 Å². The summed E-state index contributed by atoms with van der Waals surface area (Å²) in [6.45, 7) is 3.87. The average Bonchev–Trinajstić information content (AvgIpc) is 2.28. The molecular formula is C13H22N2O. The van der Waals surface area contributed by atoms with E-state index in [1.165, 1.54) is 0 Å². The van der Waals surface area contributed by atoms with Crippen LogP contribution in [0.5, 0.6) is 0 Å². The van der Waals surface area contributed by atoms with Gasteiger partial charge in [0.15, 0.2) is 0 Å². The van der Waals surface area contributed by atoms with Crippen molar-refractivity contribution in [3.63, 3.8) is 0 Å². The van der Waals surface area contributed by atoms with Crippen LogP contribution in [0.25, 0.3) is 0 Å². The van der Waals surface area contributed by atoms with E-state index in [-0.39, 0.29) is 6.04 Å². The van der Waals surface area contributed by atoms with Gasteiger partial charge in [0.05, 0.1) is 6.10 Å². The fourth-order valence-electron chi connectivity index (χ4n) is 1.57. The molecule has 0 aromatic heterocycles. The summed E-state index contributed by atoms with van der Waals surface area (Å²) in [4.78, 5) is 2.12. The van der Waals surface area contributed by atoms with Gasteiger partial charge in [0.2, 0.25) is 0 Å². The molecule has 3 nitrogen and oxygen atoms in total. The van der Waals surface area contributed by atoms with Crippen LogP contribution in [0.15, 0.2) is 30.3 Å². The Labute approximate surface area is 98.1 Å². The van der Waals surface area contributed by atoms with Gasteiger partial charge in [-0.15, -0.1) is 0 Å². The van der Waals surface area contributed by atoms with Gasteiger partial charge in [-0.05, 0) is 26.6 Å². The van der Waals surface area contributed by atoms with Gasteiger partial charge < -0.3 is 15.3 Å². The summed E-state index contributed by atoms with van der Waals surface area (Å²) in [5.74, 6) is 0. The maximum atomic E-state index is 10.1. The van der Waals surface area contributed by atoms with Crippen molar-refractivity contribution in [2.75, 3.05) is 27.2 Å². The normalized spacial score (nSPS) is 15.1. The molecule has 0 saturated heterocycles. The predicted octanol–water partition coefficient (Wildman–Crippen LogP) is 1.26. The third-order valence-corrected chi connectivity index (χ3v) is 2.64. The van der Waals surface area contributed by atoms with Crippen LogP contribution in [0.4, 0.5) is 0 Å². The van der Waals surface area contributed by atoms with E-state index < -0.39 is 6.10 Å². The van der Waals surface area contributed by atoms with Crippen LogP contribution in [-0.4, -0.2) is 43.2 Å². The molecule has 1 aromatic carbocycles. The summed E-state index contributed by atoms with van der Waals surface area (Å²) < 4.78 is 0. The Hall–Kier alpha value is -0.900. The second-order valence-electron chi connectivity index (χ2n) is 4.40. The molecule has 2 unspecified atom stereocenters. The van der Waals surface area contributed by atoms with Crippen molar-refractivity contribution in [3.05, 3.63) is 35.9 Å². The van der Waals surface area contributed by atoms with Crippen molar-refractivity contribution in [3.8, 4) is 0 Å². The maximum Gasteiger partial charge on any atom is 0.0940 e. The van der Waals surface area contributed by atoms with E-state index in [1.54, 1.807) is 0 Å². The molecule has 0 saturated carbocycles. The minimum absolute atomic E-state index is 0.0716. The van der Waals surface area contributed by atoms with Crippen LogP contribution >= 0.6 is 0 Å². The summed E-state index contributed by atoms with van der Waals surface area (Å²) in [6, 6.07) is 9.84. The molecule has 0 radical (unpaired) electrons. The zero-order valence-electron chi connectivity index (χ0n) is 10.4. The molecule has 0 bridgehead atoms. The van der Waals surface area contributed by atoms with Crippen molar-refractivity contribution in [2.45, 2.75) is 19.1 Å². The molecule has 0 spiro atoms. The molecule has 2 atom stereocenters. The second-order valence-corrected chi connectivity index (χ2v) is 4.40. The summed E-state index contributed by atoms with van der Waals surface area (Å²) in [7, 11) is 4.08. The highest BCUT2D eigenvalue weighted by Gasteiger charge is 2.14. The quantitative estimate of drug-likeness (QED) is 0.760. The lowest BCUT2D eigenvalue weighted by Crippen LogP contribution is -2.36. The predicted molar refractivity (Wildman–Crippen MR) is 67.4 cm³/mol. The monoisotopic (exact) mass is 222 g/mol. The van der Waals surface area contributed by atoms with Gasteiger partial charge in [-0.1, -0.05) is 30.3 Å². The van der Waals surface area contributed by atoms with Gasteiger partial charge in [0.25, 0.3) is 0 Å². The molecule has 0 heterocycles. The molecule has 1 rings (SSSR count). The smallest absolute Gasteiger partial charge is 0.0940 e. The van der Waals surface area contributed by atoms with Gasteiger partial charge in [0, 0.05) is 19.1 Å². The maximum absolute atomic E-state index is 10.1. The number of hydrogen-bond donors (Lipinski definition) is 2. The number of hydrogen-bond acceptors (Lipinski definition) is 3. The number of benzene rings is 1. The number of likely N-dealkylation sites (N-methyl/N-ethyl adjacent to an activating group) is 1. The van der Waals surface area contributed by atoms with Gasteiger partial charge in [-0.2, -0.15) is 0 Å². The van der Waals surface area contributed by atoms with Crippen LogP contribution in [0.3, 0.4) is 0 Å². The van der Waals surface area contributed by atoms with E-state index in [0.29, 0.717) is 0 Å². The molecular weight excluding hydrogens is 200 g/mol. The SMILES string of the molecule is CC(NCCN(C)C)C(O)c1ccccc1. The number of nitrogens with one attached hydrogen (secondary N) is 1. The highest BCUT2D eigenvalue weighted by molar-refractivity contribution is 5.18. The third kappa shape index (κ3) is 4.31. The van der Waals surface area contributed by atoms with Gasteiger partial charge in [0.1, 0.15) is 0 Å². The Bertz CT molecular complexity index is 287. The molecule has 2 N–H and O–H groups in total. The number of nitrogens with zero attached hydrogens (tertiary/aromatic N) is 1. The molecule has 0 aliphatic carbocycles. The lowest BCUT2D eigenvalue weighted by atomic mass is 10.0. The van der Waals surface area contributed by atoms with Crippen molar-refractivity contribution >= 4 is 0 Å². The molecule has 1 aromatic rings. The van der Waals surface area contributed by atoms with E-state index in [0.717, 1.165) is 18.7 Å². The first-order valence-electron chi connectivity index (χ1n) is 5.72. The minimum Gasteiger partial charge on any atom is -0.387 e. The standard InChI is InChI=1S/C13H22N2O/c1-11(14-9-10-15(2)3)13(16)12-7-5-4-6-8-12/h4-8,11,13-14,16H,9-10H2,1-3H3. The lowest BCUT2D eigenvalue weighted by Gasteiger charge is -2.21. The third-order valence-electron chi connectivity index (χ3n) is 2.64. The highest BCUT2D eigenvalue weighted by atomic mass is 16.3. The molecule has 90 valence electrons. The Kier molecular flexibility index (Phi) is 5.46. The number of aliphatic hydroxyl groups excluding tert-OH is 1. The van der Waals surface area contributed by atoms with Crippen molar-refractivity contribution in [2.24, 2.45) is 0 Å². The molecule has 0 fully saturated rings. The Balaban J connectivity index is 2.39. The molecule has 3 heteroatoms. The van der Waals surface area contributed by atoms with Gasteiger partial charge >= 0.3 is 0 Å². The fourth-order valence-corrected chi connectivity index (χ4v) is 1.57. The van der Waals surface area contributed by atoms with E-state index in [1.807, 2.05) is 51.4 Å². The van der Waals surface area contributed by atoms with Gasteiger partial charge in [-0.3, -0.25) is 0 Å². The zero-order valence-corrected chi connectivity index (χ0v) is 10.4. The summed E-state index contributed by atoms with van der Waals surface area (Å²) >= 11 is 0. The van der Waals surface area contributed by atoms with Crippen LogP contribution in [0, 0.1) is 0 Å². The lowest BCUT2D eigenvalue weighted by molar-refractivity contribution is 0.135. The largest absolute Gasteiger partial charge is 0.387 e. The molecule has 0 aliphatic heterocycles. The topological polar surface area (TPSA) is 35.5 Å². The van der Waals surface area contributed by atoms with Crippen molar-refractivity contribution in [1.82, 2.24) is 10.2 Å². The van der Waals surface area contributed by atoms with Crippen molar-refractivity contribution < 1.29 is 5.11 Å². The first kappa shape index (κ1) is 13.2. The van der Waals surface area contributed by atoms with E-state index in [4.69, 9.17) is 0 Å². The number of rotatable bonds is 6. The average molecular weight is 222 g/mol. The summed E-state index contributed by atoms with van der Waals surface area (Å²) in [5.41, 5.74) is 0.965. The van der Waals surface area contributed by atoms with Crippen LogP contribution < -0.4 is 5.32 Å². The first-order chi connectivity index (χ1) is 7.61. The van der Waals surface area contributed by atoms with E-state index >= 15 is 0 Å². The molecule has 16 heavy (non-hydrogen) atoms. The minimum atomic E-state index is -0.441. The Morgan fingerprint density at radius 1 is 1.25 bits per heavy atom.